The van der Waals surface area contributed by atoms with Crippen molar-refractivity contribution in [2.75, 3.05) is 18.6 Å². The van der Waals surface area contributed by atoms with Gasteiger partial charge in [0.05, 0.1) is 31.0 Å². The zero-order chi connectivity index (χ0) is 23.7. The maximum absolute atomic E-state index is 13.2. The lowest BCUT2D eigenvalue weighted by atomic mass is 9.95. The number of rotatable bonds is 6. The summed E-state index contributed by atoms with van der Waals surface area (Å²) in [7, 11) is 1.55. The number of benzene rings is 2. The first-order valence-corrected chi connectivity index (χ1v) is 11.3. The number of amides is 1. The van der Waals surface area contributed by atoms with Crippen molar-refractivity contribution in [1.29, 1.82) is 0 Å². The van der Waals surface area contributed by atoms with Gasteiger partial charge >= 0.3 is 5.91 Å². The van der Waals surface area contributed by atoms with Crippen molar-refractivity contribution in [2.45, 2.75) is 26.8 Å². The number of hydrogen-bond acceptors (Lipinski definition) is 7. The van der Waals surface area contributed by atoms with Gasteiger partial charge in [0.15, 0.2) is 5.13 Å². The highest BCUT2D eigenvalue weighted by Gasteiger charge is 2.48. The van der Waals surface area contributed by atoms with E-state index in [1.165, 1.54) is 16.2 Å². The predicted molar refractivity (Wildman–Crippen MR) is 127 cm³/mol. The van der Waals surface area contributed by atoms with Crippen LogP contribution in [0.15, 0.2) is 54.1 Å². The molecule has 33 heavy (non-hydrogen) atoms. The number of aromatic nitrogens is 1. The highest BCUT2D eigenvalue weighted by molar-refractivity contribution is 7.16. The van der Waals surface area contributed by atoms with Crippen LogP contribution in [-0.4, -0.2) is 35.5 Å². The summed E-state index contributed by atoms with van der Waals surface area (Å²) in [5, 5.41) is 11.6. The minimum Gasteiger partial charge on any atom is -0.507 e. The second-order valence-electron chi connectivity index (χ2n) is 7.54. The van der Waals surface area contributed by atoms with Crippen molar-refractivity contribution in [3.63, 3.8) is 0 Å². The van der Waals surface area contributed by atoms with Crippen molar-refractivity contribution in [3.05, 3.63) is 75.8 Å². The van der Waals surface area contributed by atoms with Crippen LogP contribution in [0.5, 0.6) is 11.5 Å². The van der Waals surface area contributed by atoms with Gasteiger partial charge in [-0.15, -0.1) is 11.3 Å². The van der Waals surface area contributed by atoms with E-state index in [0.717, 1.165) is 10.6 Å². The van der Waals surface area contributed by atoms with E-state index in [0.29, 0.717) is 34.4 Å². The monoisotopic (exact) mass is 464 g/mol. The Kier molecular flexibility index (Phi) is 6.20. The highest BCUT2D eigenvalue weighted by Crippen LogP contribution is 2.44. The lowest BCUT2D eigenvalue weighted by Crippen LogP contribution is -2.29. The van der Waals surface area contributed by atoms with Gasteiger partial charge in [0.2, 0.25) is 0 Å². The van der Waals surface area contributed by atoms with Gasteiger partial charge < -0.3 is 14.6 Å². The van der Waals surface area contributed by atoms with Crippen LogP contribution < -0.4 is 14.4 Å². The number of aryl methyl sites for hydroxylation is 2. The molecule has 3 aromatic rings. The van der Waals surface area contributed by atoms with E-state index in [2.05, 4.69) is 4.98 Å². The first kappa shape index (κ1) is 22.5. The molecule has 7 nitrogen and oxygen atoms in total. The van der Waals surface area contributed by atoms with Gasteiger partial charge in [-0.05, 0) is 62.7 Å². The number of nitrogens with zero attached hydrogens (tertiary/aromatic N) is 2. The Morgan fingerprint density at radius 3 is 2.24 bits per heavy atom. The van der Waals surface area contributed by atoms with E-state index in [4.69, 9.17) is 9.47 Å². The van der Waals surface area contributed by atoms with Crippen LogP contribution in [0.4, 0.5) is 5.13 Å². The largest absolute Gasteiger partial charge is 0.507 e. The van der Waals surface area contributed by atoms with E-state index in [1.54, 1.807) is 55.6 Å². The SMILES string of the molecule is CCOc1ccc([C@H]2/C(=C(\O)c3ccc(OC)cc3)C(=O)C(=O)N2c2nc(C)c(C)s2)cc1. The number of ether oxygens (including phenoxy) is 2. The molecular formula is C25H24N2O5S. The van der Waals surface area contributed by atoms with E-state index in [1.807, 2.05) is 20.8 Å². The molecule has 1 saturated heterocycles. The number of hydrogen-bond donors (Lipinski definition) is 1. The Bertz CT molecular complexity index is 1210. The van der Waals surface area contributed by atoms with Crippen LogP contribution in [-0.2, 0) is 9.59 Å². The number of Topliss-reactive ketones (excluding diaryl/α,β-unsaturated/α-hetero) is 1. The molecule has 0 saturated carbocycles. The molecule has 1 aliphatic heterocycles. The molecule has 1 atom stereocenters. The average molecular weight is 465 g/mol. The molecule has 1 amide bonds. The van der Waals surface area contributed by atoms with Gasteiger partial charge in [0.25, 0.3) is 5.78 Å². The number of carbonyl (C=O) groups is 2. The molecule has 0 bridgehead atoms. The molecule has 4 rings (SSSR count). The van der Waals surface area contributed by atoms with Crippen molar-refractivity contribution in [1.82, 2.24) is 4.98 Å². The number of methoxy groups -OCH3 is 1. The summed E-state index contributed by atoms with van der Waals surface area (Å²) in [6, 6.07) is 13.0. The third kappa shape index (κ3) is 4.09. The average Bonchev–Trinajstić information content (AvgIpc) is 3.29. The third-order valence-corrected chi connectivity index (χ3v) is 6.61. The molecule has 0 radical (unpaired) electrons. The molecule has 2 aromatic carbocycles. The minimum absolute atomic E-state index is 0.0137. The van der Waals surface area contributed by atoms with Gasteiger partial charge in [0, 0.05) is 10.4 Å². The lowest BCUT2D eigenvalue weighted by molar-refractivity contribution is -0.132. The number of anilines is 1. The number of aliphatic hydroxyl groups is 1. The molecular weight excluding hydrogens is 440 g/mol. The number of aliphatic hydroxyl groups excluding tert-OH is 1. The Morgan fingerprint density at radius 2 is 1.70 bits per heavy atom. The summed E-state index contributed by atoms with van der Waals surface area (Å²) in [6.07, 6.45) is 0. The van der Waals surface area contributed by atoms with Crippen LogP contribution in [0.25, 0.3) is 5.76 Å². The molecule has 170 valence electrons. The second kappa shape index (κ2) is 9.07. The molecule has 1 aliphatic rings. The Labute approximate surface area is 195 Å². The summed E-state index contributed by atoms with van der Waals surface area (Å²) in [5.41, 5.74) is 1.88. The summed E-state index contributed by atoms with van der Waals surface area (Å²) < 4.78 is 10.7. The normalized spacial score (nSPS) is 17.5. The zero-order valence-corrected chi connectivity index (χ0v) is 19.6. The summed E-state index contributed by atoms with van der Waals surface area (Å²) >= 11 is 1.34. The van der Waals surface area contributed by atoms with Crippen molar-refractivity contribution in [2.24, 2.45) is 0 Å². The summed E-state index contributed by atoms with van der Waals surface area (Å²) in [5.74, 6) is -0.439. The molecule has 0 unspecified atom stereocenters. The fourth-order valence-corrected chi connectivity index (χ4v) is 4.66. The molecule has 1 N–H and O–H groups in total. The van der Waals surface area contributed by atoms with Gasteiger partial charge in [-0.25, -0.2) is 4.98 Å². The number of thiazole rings is 1. The third-order valence-electron chi connectivity index (χ3n) is 5.54. The van der Waals surface area contributed by atoms with E-state index in [9.17, 15) is 14.7 Å². The van der Waals surface area contributed by atoms with Crippen molar-refractivity contribution in [3.8, 4) is 11.5 Å². The van der Waals surface area contributed by atoms with E-state index in [-0.39, 0.29) is 11.3 Å². The van der Waals surface area contributed by atoms with Gasteiger partial charge in [0.1, 0.15) is 17.3 Å². The van der Waals surface area contributed by atoms with Crippen molar-refractivity contribution >= 4 is 33.9 Å². The first-order valence-electron chi connectivity index (χ1n) is 10.5. The summed E-state index contributed by atoms with van der Waals surface area (Å²) in [6.45, 7) is 6.18. The second-order valence-corrected chi connectivity index (χ2v) is 8.72. The number of carbonyl (C=O) groups excluding carboxylic acids is 2. The van der Waals surface area contributed by atoms with Crippen LogP contribution in [0, 0.1) is 13.8 Å². The quantitative estimate of drug-likeness (QED) is 0.320. The van der Waals surface area contributed by atoms with Crippen LogP contribution in [0.1, 0.15) is 34.7 Å². The van der Waals surface area contributed by atoms with Crippen LogP contribution in [0.2, 0.25) is 0 Å². The maximum Gasteiger partial charge on any atom is 0.301 e. The van der Waals surface area contributed by atoms with Gasteiger partial charge in [-0.1, -0.05) is 12.1 Å². The van der Waals surface area contributed by atoms with E-state index < -0.39 is 17.7 Å². The lowest BCUT2D eigenvalue weighted by Gasteiger charge is -2.23. The van der Waals surface area contributed by atoms with Gasteiger partial charge in [-0.3, -0.25) is 14.5 Å². The van der Waals surface area contributed by atoms with E-state index >= 15 is 0 Å². The highest BCUT2D eigenvalue weighted by atomic mass is 32.1. The molecule has 1 fully saturated rings. The van der Waals surface area contributed by atoms with Gasteiger partial charge in [-0.2, -0.15) is 0 Å². The smallest absolute Gasteiger partial charge is 0.301 e. The molecule has 2 heterocycles. The molecule has 8 heteroatoms. The Balaban J connectivity index is 1.89. The standard InChI is InChI=1S/C25H24N2O5S/c1-5-32-19-12-6-16(7-13-19)21-20(22(28)17-8-10-18(31-4)11-9-17)23(29)24(30)27(21)25-26-14(2)15(3)33-25/h6-13,21,28H,5H2,1-4H3/b22-20+/t21-/m0/s1. The Hall–Kier alpha value is -3.65. The van der Waals surface area contributed by atoms with Crippen LogP contribution in [0.3, 0.4) is 0 Å². The maximum atomic E-state index is 13.2. The zero-order valence-electron chi connectivity index (χ0n) is 18.8. The fraction of sp³-hybridized carbons (Fsp3) is 0.240. The Morgan fingerprint density at radius 1 is 1.06 bits per heavy atom. The topological polar surface area (TPSA) is 89.0 Å². The molecule has 0 aliphatic carbocycles. The minimum atomic E-state index is -0.826. The molecule has 1 aromatic heterocycles. The molecule has 0 spiro atoms. The fourth-order valence-electron chi connectivity index (χ4n) is 3.72. The number of ketones is 1. The van der Waals surface area contributed by atoms with Crippen LogP contribution >= 0.6 is 11.3 Å². The first-order chi connectivity index (χ1) is 15.8. The van der Waals surface area contributed by atoms with Crippen molar-refractivity contribution < 1.29 is 24.2 Å². The predicted octanol–water partition coefficient (Wildman–Crippen LogP) is 4.79. The summed E-state index contributed by atoms with van der Waals surface area (Å²) in [4.78, 5) is 33.2.